The predicted molar refractivity (Wildman–Crippen MR) is 86.6 cm³/mol. The van der Waals surface area contributed by atoms with Crippen LogP contribution in [0.2, 0.25) is 0 Å². The van der Waals surface area contributed by atoms with Crippen LogP contribution in [0.15, 0.2) is 54.6 Å². The quantitative estimate of drug-likeness (QED) is 0.871. The van der Waals surface area contributed by atoms with Crippen LogP contribution in [0.4, 0.5) is 0 Å². The third-order valence-corrected chi connectivity index (χ3v) is 4.40. The van der Waals surface area contributed by atoms with Gasteiger partial charge in [0.25, 0.3) is 0 Å². The maximum atomic E-state index is 10.9. The lowest BCUT2D eigenvalue weighted by atomic mass is 10.0. The van der Waals surface area contributed by atoms with Gasteiger partial charge in [-0.2, -0.15) is 11.8 Å². The Morgan fingerprint density at radius 3 is 2.20 bits per heavy atom. The molecule has 0 fully saturated rings. The van der Waals surface area contributed by atoms with E-state index in [1.807, 2.05) is 18.2 Å². The number of hydrogen-bond acceptors (Lipinski definition) is 2. The highest BCUT2D eigenvalue weighted by Crippen LogP contribution is 2.32. The van der Waals surface area contributed by atoms with Gasteiger partial charge in [-0.15, -0.1) is 0 Å². The molecule has 0 radical (unpaired) electrons. The molecule has 2 N–H and O–H groups in total. The Hall–Kier alpha value is -1.74. The second-order valence-corrected chi connectivity index (χ2v) is 5.76. The van der Waals surface area contributed by atoms with Crippen LogP contribution in [0.25, 0.3) is 11.1 Å². The summed E-state index contributed by atoms with van der Waals surface area (Å²) >= 11 is 1.76. The van der Waals surface area contributed by atoms with Crippen LogP contribution in [0.3, 0.4) is 0 Å². The standard InChI is InChI=1S/C17H19NOS/c1-20-16(11-12-17(18)19)15-9-7-14(8-10-15)13-5-3-2-4-6-13/h2-10,16H,11-12H2,1H3,(H2,18,19). The lowest BCUT2D eigenvalue weighted by Gasteiger charge is -2.14. The van der Waals surface area contributed by atoms with E-state index in [-0.39, 0.29) is 5.91 Å². The molecule has 0 aliphatic heterocycles. The first-order valence-electron chi connectivity index (χ1n) is 6.67. The SMILES string of the molecule is CSC(CCC(N)=O)c1ccc(-c2ccccc2)cc1. The molecule has 0 spiro atoms. The first-order valence-corrected chi connectivity index (χ1v) is 7.96. The number of primary amides is 1. The number of amides is 1. The van der Waals surface area contributed by atoms with Crippen molar-refractivity contribution in [1.82, 2.24) is 0 Å². The third kappa shape index (κ3) is 3.87. The minimum Gasteiger partial charge on any atom is -0.370 e. The molecule has 1 amide bonds. The van der Waals surface area contributed by atoms with Crippen molar-refractivity contribution >= 4 is 17.7 Å². The molecule has 104 valence electrons. The Labute approximate surface area is 124 Å². The molecule has 20 heavy (non-hydrogen) atoms. The fraction of sp³-hybridized carbons (Fsp3) is 0.235. The van der Waals surface area contributed by atoms with Crippen molar-refractivity contribution in [3.63, 3.8) is 0 Å². The van der Waals surface area contributed by atoms with Crippen molar-refractivity contribution in [3.8, 4) is 11.1 Å². The molecule has 0 saturated carbocycles. The molecule has 1 atom stereocenters. The average molecular weight is 285 g/mol. The van der Waals surface area contributed by atoms with E-state index in [4.69, 9.17) is 5.73 Å². The molecule has 2 aromatic rings. The number of nitrogens with two attached hydrogens (primary N) is 1. The zero-order valence-electron chi connectivity index (χ0n) is 11.6. The Bertz CT molecular complexity index is 551. The molecule has 1 unspecified atom stereocenters. The van der Waals surface area contributed by atoms with Crippen LogP contribution < -0.4 is 5.73 Å². The van der Waals surface area contributed by atoms with Gasteiger partial charge in [0.2, 0.25) is 5.91 Å². The van der Waals surface area contributed by atoms with Gasteiger partial charge in [0.1, 0.15) is 0 Å². The van der Waals surface area contributed by atoms with Gasteiger partial charge < -0.3 is 5.73 Å². The van der Waals surface area contributed by atoms with Gasteiger partial charge in [-0.05, 0) is 29.4 Å². The lowest BCUT2D eigenvalue weighted by molar-refractivity contribution is -0.118. The highest BCUT2D eigenvalue weighted by atomic mass is 32.2. The van der Waals surface area contributed by atoms with Crippen LogP contribution >= 0.6 is 11.8 Å². The molecule has 0 aromatic heterocycles. The topological polar surface area (TPSA) is 43.1 Å². The predicted octanol–water partition coefficient (Wildman–Crippen LogP) is 4.02. The van der Waals surface area contributed by atoms with Crippen LogP contribution in [0, 0.1) is 0 Å². The zero-order valence-corrected chi connectivity index (χ0v) is 12.4. The summed E-state index contributed by atoms with van der Waals surface area (Å²) in [6, 6.07) is 18.9. The number of thioether (sulfide) groups is 1. The van der Waals surface area contributed by atoms with E-state index in [0.29, 0.717) is 11.7 Å². The van der Waals surface area contributed by atoms with Crippen molar-refractivity contribution in [2.45, 2.75) is 18.1 Å². The highest BCUT2D eigenvalue weighted by molar-refractivity contribution is 7.98. The molecule has 0 aliphatic carbocycles. The first-order chi connectivity index (χ1) is 9.70. The second-order valence-electron chi connectivity index (χ2n) is 4.72. The van der Waals surface area contributed by atoms with Crippen molar-refractivity contribution < 1.29 is 4.79 Å². The summed E-state index contributed by atoms with van der Waals surface area (Å²) in [5, 5.41) is 0.326. The van der Waals surface area contributed by atoms with E-state index >= 15 is 0 Å². The summed E-state index contributed by atoms with van der Waals surface area (Å²) in [6.45, 7) is 0. The molecule has 2 rings (SSSR count). The van der Waals surface area contributed by atoms with Crippen molar-refractivity contribution in [2.75, 3.05) is 6.26 Å². The number of carbonyl (C=O) groups excluding carboxylic acids is 1. The number of rotatable bonds is 6. The summed E-state index contributed by atoms with van der Waals surface area (Å²) in [6.07, 6.45) is 3.30. The molecule has 0 bridgehead atoms. The van der Waals surface area contributed by atoms with E-state index in [0.717, 1.165) is 6.42 Å². The lowest BCUT2D eigenvalue weighted by Crippen LogP contribution is -2.11. The maximum absolute atomic E-state index is 10.9. The molecule has 0 aliphatic rings. The van der Waals surface area contributed by atoms with Gasteiger partial charge in [0, 0.05) is 11.7 Å². The average Bonchev–Trinajstić information content (AvgIpc) is 2.49. The van der Waals surface area contributed by atoms with Crippen molar-refractivity contribution in [2.24, 2.45) is 5.73 Å². The smallest absolute Gasteiger partial charge is 0.217 e. The molecule has 0 heterocycles. The van der Waals surface area contributed by atoms with Crippen LogP contribution in [-0.4, -0.2) is 12.2 Å². The first kappa shape index (κ1) is 14.7. The largest absolute Gasteiger partial charge is 0.370 e. The summed E-state index contributed by atoms with van der Waals surface area (Å²) in [4.78, 5) is 10.9. The third-order valence-electron chi connectivity index (χ3n) is 3.33. The zero-order chi connectivity index (χ0) is 14.4. The van der Waals surface area contributed by atoms with Gasteiger partial charge in [0.05, 0.1) is 0 Å². The minimum atomic E-state index is -0.232. The van der Waals surface area contributed by atoms with Crippen LogP contribution in [-0.2, 0) is 4.79 Å². The summed E-state index contributed by atoms with van der Waals surface area (Å²) in [7, 11) is 0. The Balaban J connectivity index is 2.12. The van der Waals surface area contributed by atoms with E-state index in [2.05, 4.69) is 42.7 Å². The summed E-state index contributed by atoms with van der Waals surface area (Å²) in [5.41, 5.74) is 8.91. The number of benzene rings is 2. The molecule has 2 nitrogen and oxygen atoms in total. The molecule has 0 saturated heterocycles. The molecular weight excluding hydrogens is 266 g/mol. The van der Waals surface area contributed by atoms with Crippen LogP contribution in [0.5, 0.6) is 0 Å². The van der Waals surface area contributed by atoms with E-state index in [9.17, 15) is 4.79 Å². The van der Waals surface area contributed by atoms with Gasteiger partial charge in [0.15, 0.2) is 0 Å². The van der Waals surface area contributed by atoms with Gasteiger partial charge in [-0.3, -0.25) is 4.79 Å². The Kier molecular flexibility index (Phi) is 5.24. The normalized spacial score (nSPS) is 12.1. The van der Waals surface area contributed by atoms with Crippen molar-refractivity contribution in [3.05, 3.63) is 60.2 Å². The molecular formula is C17H19NOS. The second kappa shape index (κ2) is 7.15. The van der Waals surface area contributed by atoms with Gasteiger partial charge >= 0.3 is 0 Å². The van der Waals surface area contributed by atoms with E-state index < -0.39 is 0 Å². The number of carbonyl (C=O) groups is 1. The van der Waals surface area contributed by atoms with Gasteiger partial charge in [-0.1, -0.05) is 54.6 Å². The summed E-state index contributed by atoms with van der Waals surface area (Å²) < 4.78 is 0. The molecule has 3 heteroatoms. The van der Waals surface area contributed by atoms with E-state index in [1.54, 1.807) is 11.8 Å². The van der Waals surface area contributed by atoms with Crippen molar-refractivity contribution in [1.29, 1.82) is 0 Å². The maximum Gasteiger partial charge on any atom is 0.217 e. The minimum absolute atomic E-state index is 0.232. The Morgan fingerprint density at radius 1 is 1.05 bits per heavy atom. The van der Waals surface area contributed by atoms with E-state index in [1.165, 1.54) is 16.7 Å². The fourth-order valence-corrected chi connectivity index (χ4v) is 3.00. The molecule has 2 aromatic carbocycles. The monoisotopic (exact) mass is 285 g/mol. The highest BCUT2D eigenvalue weighted by Gasteiger charge is 2.11. The van der Waals surface area contributed by atoms with Crippen LogP contribution in [0.1, 0.15) is 23.7 Å². The number of hydrogen-bond donors (Lipinski definition) is 1. The fourth-order valence-electron chi connectivity index (χ4n) is 2.21. The Morgan fingerprint density at radius 2 is 1.65 bits per heavy atom. The summed E-state index contributed by atoms with van der Waals surface area (Å²) in [5.74, 6) is -0.232. The van der Waals surface area contributed by atoms with Gasteiger partial charge in [-0.25, -0.2) is 0 Å².